The lowest BCUT2D eigenvalue weighted by atomic mass is 10.1. The predicted octanol–water partition coefficient (Wildman–Crippen LogP) is 2.69. The molecule has 1 fully saturated rings. The summed E-state index contributed by atoms with van der Waals surface area (Å²) >= 11 is 0. The number of carbonyl (C=O) groups excluding carboxylic acids is 1. The Kier molecular flexibility index (Phi) is 7.27. The fourth-order valence-corrected chi connectivity index (χ4v) is 4.20. The van der Waals surface area contributed by atoms with E-state index in [0.29, 0.717) is 54.9 Å². The summed E-state index contributed by atoms with van der Waals surface area (Å²) in [4.78, 5) is 23.7. The molecule has 1 saturated heterocycles. The van der Waals surface area contributed by atoms with E-state index in [9.17, 15) is 13.2 Å². The van der Waals surface area contributed by atoms with Gasteiger partial charge in [0, 0.05) is 36.3 Å². The SMILES string of the molecule is C[C@H]1COCCN1c1cc(C(C)(C)S(C)(=O)=O)nc(-c2ccc(NC(=O)NCc3ccn[nH]3)cc2)n1. The van der Waals surface area contributed by atoms with Gasteiger partial charge in [0.25, 0.3) is 0 Å². The first-order chi connectivity index (χ1) is 17.0. The Morgan fingerprint density at radius 2 is 1.97 bits per heavy atom. The zero-order chi connectivity index (χ0) is 25.9. The van der Waals surface area contributed by atoms with Gasteiger partial charge < -0.3 is 20.3 Å². The maximum absolute atomic E-state index is 12.6. The molecule has 3 N–H and O–H groups in total. The summed E-state index contributed by atoms with van der Waals surface area (Å²) in [6.07, 6.45) is 2.83. The van der Waals surface area contributed by atoms with Gasteiger partial charge in [0.1, 0.15) is 10.6 Å². The van der Waals surface area contributed by atoms with Crippen LogP contribution in [0.4, 0.5) is 16.3 Å². The Hall–Kier alpha value is -3.51. The van der Waals surface area contributed by atoms with E-state index < -0.39 is 14.6 Å². The van der Waals surface area contributed by atoms with Crippen molar-refractivity contribution in [3.63, 3.8) is 0 Å². The molecule has 0 radical (unpaired) electrons. The number of benzene rings is 1. The molecule has 2 amide bonds. The second-order valence-corrected chi connectivity index (χ2v) is 11.9. The highest BCUT2D eigenvalue weighted by Crippen LogP contribution is 2.32. The summed E-state index contributed by atoms with van der Waals surface area (Å²) in [5, 5.41) is 12.2. The van der Waals surface area contributed by atoms with E-state index in [2.05, 4.69) is 30.7 Å². The molecule has 1 aliphatic rings. The van der Waals surface area contributed by atoms with E-state index >= 15 is 0 Å². The van der Waals surface area contributed by atoms with E-state index in [-0.39, 0.29) is 12.1 Å². The lowest BCUT2D eigenvalue weighted by Crippen LogP contribution is -2.44. The zero-order valence-corrected chi connectivity index (χ0v) is 21.6. The molecule has 0 saturated carbocycles. The van der Waals surface area contributed by atoms with Crippen molar-refractivity contribution in [3.05, 3.63) is 54.0 Å². The number of sulfone groups is 1. The minimum Gasteiger partial charge on any atom is -0.377 e. The minimum atomic E-state index is -3.45. The normalized spacial score (nSPS) is 16.6. The van der Waals surface area contributed by atoms with Crippen molar-refractivity contribution in [1.82, 2.24) is 25.5 Å². The maximum atomic E-state index is 12.6. The molecule has 1 aromatic carbocycles. The number of H-pyrrole nitrogens is 1. The Morgan fingerprint density at radius 3 is 2.61 bits per heavy atom. The molecule has 1 aliphatic heterocycles. The topological polar surface area (TPSA) is 142 Å². The first-order valence-corrected chi connectivity index (χ1v) is 13.5. The van der Waals surface area contributed by atoms with Gasteiger partial charge in [-0.15, -0.1) is 0 Å². The first-order valence-electron chi connectivity index (χ1n) is 11.6. The van der Waals surface area contributed by atoms with E-state index in [1.807, 2.05) is 6.92 Å². The number of morpholine rings is 1. The standard InChI is InChI=1S/C24H31N7O4S/c1-16-15-35-12-11-31(16)21-13-20(24(2,3)36(4,33)34)28-22(29-21)17-5-7-18(8-6-17)27-23(32)25-14-19-9-10-26-30-19/h5-10,13,16H,11-12,14-15H2,1-4H3,(H,26,30)(H2,25,27,32)/t16-/m0/s1. The van der Waals surface area contributed by atoms with Crippen LogP contribution in [0.5, 0.6) is 0 Å². The van der Waals surface area contributed by atoms with Gasteiger partial charge in [-0.05, 0) is 51.1 Å². The number of anilines is 2. The van der Waals surface area contributed by atoms with Crippen LogP contribution in [-0.4, -0.2) is 66.7 Å². The molecule has 0 aliphatic carbocycles. The van der Waals surface area contributed by atoms with Gasteiger partial charge in [-0.25, -0.2) is 23.2 Å². The fourth-order valence-electron chi connectivity index (χ4n) is 3.71. The molecule has 192 valence electrons. The summed E-state index contributed by atoms with van der Waals surface area (Å²) < 4.78 is 29.5. The van der Waals surface area contributed by atoms with Gasteiger partial charge in [-0.1, -0.05) is 0 Å². The molecule has 1 atom stereocenters. The molecule has 3 aromatic rings. The smallest absolute Gasteiger partial charge is 0.319 e. The van der Waals surface area contributed by atoms with Crippen molar-refractivity contribution in [3.8, 4) is 11.4 Å². The average molecular weight is 514 g/mol. The van der Waals surface area contributed by atoms with Crippen LogP contribution >= 0.6 is 0 Å². The number of carbonyl (C=O) groups is 1. The largest absolute Gasteiger partial charge is 0.377 e. The van der Waals surface area contributed by atoms with Crippen LogP contribution in [0, 0.1) is 0 Å². The van der Waals surface area contributed by atoms with Crippen LogP contribution in [0.2, 0.25) is 0 Å². The van der Waals surface area contributed by atoms with Crippen LogP contribution in [-0.2, 0) is 25.9 Å². The second-order valence-electron chi connectivity index (χ2n) is 9.30. The van der Waals surface area contributed by atoms with Crippen LogP contribution < -0.4 is 15.5 Å². The van der Waals surface area contributed by atoms with E-state index in [1.54, 1.807) is 56.4 Å². The summed E-state index contributed by atoms with van der Waals surface area (Å²) in [6.45, 7) is 7.44. The average Bonchev–Trinajstić information content (AvgIpc) is 3.36. The number of rotatable bonds is 7. The van der Waals surface area contributed by atoms with Crippen LogP contribution in [0.25, 0.3) is 11.4 Å². The predicted molar refractivity (Wildman–Crippen MR) is 137 cm³/mol. The van der Waals surface area contributed by atoms with Gasteiger partial charge in [0.2, 0.25) is 0 Å². The third kappa shape index (κ3) is 5.65. The third-order valence-electron chi connectivity index (χ3n) is 6.32. The Bertz CT molecular complexity index is 1310. The van der Waals surface area contributed by atoms with E-state index in [1.165, 1.54) is 6.26 Å². The molecule has 36 heavy (non-hydrogen) atoms. The van der Waals surface area contributed by atoms with Gasteiger partial charge in [-0.2, -0.15) is 5.10 Å². The Labute approximate surface area is 210 Å². The summed E-state index contributed by atoms with van der Waals surface area (Å²) in [7, 11) is -3.45. The molecular weight excluding hydrogens is 482 g/mol. The van der Waals surface area contributed by atoms with Gasteiger partial charge in [0.05, 0.1) is 37.2 Å². The highest BCUT2D eigenvalue weighted by molar-refractivity contribution is 7.91. The molecule has 3 heterocycles. The molecule has 2 aromatic heterocycles. The van der Waals surface area contributed by atoms with E-state index in [0.717, 1.165) is 5.69 Å². The lowest BCUT2D eigenvalue weighted by molar-refractivity contribution is 0.0985. The number of ether oxygens (including phenoxy) is 1. The maximum Gasteiger partial charge on any atom is 0.319 e. The van der Waals surface area contributed by atoms with Crippen molar-refractivity contribution in [2.75, 3.05) is 36.2 Å². The molecule has 11 nitrogen and oxygen atoms in total. The zero-order valence-electron chi connectivity index (χ0n) is 20.8. The number of hydrogen-bond donors (Lipinski definition) is 3. The quantitative estimate of drug-likeness (QED) is 0.438. The lowest BCUT2D eigenvalue weighted by Gasteiger charge is -2.35. The number of amides is 2. The fraction of sp³-hybridized carbons (Fsp3) is 0.417. The molecule has 0 bridgehead atoms. The van der Waals surface area contributed by atoms with Crippen LogP contribution in [0.15, 0.2) is 42.6 Å². The van der Waals surface area contributed by atoms with Crippen molar-refractivity contribution >= 4 is 27.4 Å². The number of urea groups is 1. The molecule has 0 spiro atoms. The summed E-state index contributed by atoms with van der Waals surface area (Å²) in [5.41, 5.74) is 2.51. The highest BCUT2D eigenvalue weighted by Gasteiger charge is 2.35. The molecular formula is C24H31N7O4S. The number of hydrogen-bond acceptors (Lipinski definition) is 8. The number of aromatic nitrogens is 4. The minimum absolute atomic E-state index is 0.0857. The Balaban J connectivity index is 1.60. The third-order valence-corrected chi connectivity index (χ3v) is 8.38. The van der Waals surface area contributed by atoms with Crippen molar-refractivity contribution < 1.29 is 17.9 Å². The number of nitrogens with one attached hydrogen (secondary N) is 3. The van der Waals surface area contributed by atoms with Gasteiger partial charge >= 0.3 is 6.03 Å². The number of nitrogens with zero attached hydrogens (tertiary/aromatic N) is 4. The molecule has 12 heteroatoms. The second kappa shape index (κ2) is 10.2. The molecule has 4 rings (SSSR count). The first kappa shape index (κ1) is 25.6. The van der Waals surface area contributed by atoms with Crippen molar-refractivity contribution in [2.24, 2.45) is 0 Å². The number of aromatic amines is 1. The van der Waals surface area contributed by atoms with Gasteiger partial charge in [-0.3, -0.25) is 5.10 Å². The van der Waals surface area contributed by atoms with Crippen molar-refractivity contribution in [2.45, 2.75) is 38.1 Å². The molecule has 0 unspecified atom stereocenters. The highest BCUT2D eigenvalue weighted by atomic mass is 32.2. The van der Waals surface area contributed by atoms with Crippen molar-refractivity contribution in [1.29, 1.82) is 0 Å². The van der Waals surface area contributed by atoms with E-state index in [4.69, 9.17) is 9.72 Å². The van der Waals surface area contributed by atoms with Crippen LogP contribution in [0.1, 0.15) is 32.2 Å². The summed E-state index contributed by atoms with van der Waals surface area (Å²) in [5.74, 6) is 1.07. The Morgan fingerprint density at radius 1 is 1.22 bits per heavy atom. The monoisotopic (exact) mass is 513 g/mol. The van der Waals surface area contributed by atoms with Gasteiger partial charge in [0.15, 0.2) is 15.7 Å². The van der Waals surface area contributed by atoms with Crippen LogP contribution in [0.3, 0.4) is 0 Å². The summed E-state index contributed by atoms with van der Waals surface area (Å²) in [6, 6.07) is 10.4.